The smallest absolute Gasteiger partial charge is 0.326 e. The van der Waals surface area contributed by atoms with Crippen LogP contribution in [-0.4, -0.2) is 57.9 Å². The van der Waals surface area contributed by atoms with E-state index < -0.39 is 23.8 Å². The average molecular weight is 311 g/mol. The van der Waals surface area contributed by atoms with E-state index in [1.54, 1.807) is 0 Å². The van der Waals surface area contributed by atoms with Crippen LogP contribution in [0.15, 0.2) is 12.5 Å². The fraction of sp³-hybridized carbons (Fsp3) is 0.417. The molecule has 1 heterocycles. The van der Waals surface area contributed by atoms with Gasteiger partial charge in [-0.15, -0.1) is 0 Å². The van der Waals surface area contributed by atoms with Crippen molar-refractivity contribution in [3.05, 3.63) is 18.2 Å². The maximum Gasteiger partial charge on any atom is 0.326 e. The first-order chi connectivity index (χ1) is 10.4. The van der Waals surface area contributed by atoms with Crippen LogP contribution in [0.5, 0.6) is 0 Å². The van der Waals surface area contributed by atoms with E-state index in [0.29, 0.717) is 5.69 Å². The third-order valence-corrected chi connectivity index (χ3v) is 2.56. The highest BCUT2D eigenvalue weighted by molar-refractivity contribution is 5.89. The van der Waals surface area contributed by atoms with Crippen molar-refractivity contribution in [1.82, 2.24) is 25.9 Å². The van der Waals surface area contributed by atoms with Gasteiger partial charge in [0.25, 0.3) is 0 Å². The number of nitrogens with one attached hydrogen (secondary N) is 4. The summed E-state index contributed by atoms with van der Waals surface area (Å²) in [5.74, 6) is -2.77. The molecule has 1 rings (SSSR count). The number of hydrogen-bond donors (Lipinski definition) is 5. The summed E-state index contributed by atoms with van der Waals surface area (Å²) in [6.07, 6.45) is 2.90. The Labute approximate surface area is 125 Å². The van der Waals surface area contributed by atoms with Gasteiger partial charge >= 0.3 is 5.97 Å². The second-order valence-corrected chi connectivity index (χ2v) is 4.43. The predicted octanol–water partition coefficient (Wildman–Crippen LogP) is -2.23. The number of aliphatic carboxylic acids is 1. The summed E-state index contributed by atoms with van der Waals surface area (Å²) in [4.78, 5) is 51.1. The Kier molecular flexibility index (Phi) is 6.54. The molecule has 0 fully saturated rings. The van der Waals surface area contributed by atoms with Gasteiger partial charge in [-0.05, 0) is 0 Å². The Balaban J connectivity index is 2.39. The topological polar surface area (TPSA) is 153 Å². The lowest BCUT2D eigenvalue weighted by atomic mass is 10.1. The third-order valence-electron chi connectivity index (χ3n) is 2.56. The molecular weight excluding hydrogens is 294 g/mol. The lowest BCUT2D eigenvalue weighted by Crippen LogP contribution is -2.47. The number of rotatable bonds is 8. The van der Waals surface area contributed by atoms with Gasteiger partial charge in [0.1, 0.15) is 6.04 Å². The van der Waals surface area contributed by atoms with Gasteiger partial charge in [-0.3, -0.25) is 14.4 Å². The molecule has 0 aliphatic rings. The van der Waals surface area contributed by atoms with Gasteiger partial charge in [-0.1, -0.05) is 0 Å². The number of carbonyl (C=O) groups excluding carboxylic acids is 3. The molecule has 0 saturated carbocycles. The maximum absolute atomic E-state index is 11.6. The molecule has 0 radical (unpaired) electrons. The fourth-order valence-electron chi connectivity index (χ4n) is 1.51. The first kappa shape index (κ1) is 17.1. The molecule has 1 aromatic rings. The highest BCUT2D eigenvalue weighted by atomic mass is 16.4. The fourth-order valence-corrected chi connectivity index (χ4v) is 1.51. The molecule has 0 aromatic carbocycles. The van der Waals surface area contributed by atoms with E-state index in [1.165, 1.54) is 19.4 Å². The first-order valence-electron chi connectivity index (χ1n) is 6.39. The Bertz CT molecular complexity index is 542. The number of carboxylic acid groups (broad SMARTS) is 1. The van der Waals surface area contributed by atoms with E-state index in [0.717, 1.165) is 0 Å². The lowest BCUT2D eigenvalue weighted by molar-refractivity contribution is -0.141. The maximum atomic E-state index is 11.6. The van der Waals surface area contributed by atoms with Crippen LogP contribution in [0.3, 0.4) is 0 Å². The zero-order valence-corrected chi connectivity index (χ0v) is 11.9. The standard InChI is InChI=1S/C12H17N5O5/c1-7(18)14-4-10(19)15-5-11(20)17-9(12(21)22)2-8-3-13-6-16-8/h3,6,9H,2,4-5H2,1H3,(H,13,16)(H,14,18)(H,15,19)(H,17,20)(H,21,22)/t9-/m0/s1. The molecule has 0 aliphatic carbocycles. The van der Waals surface area contributed by atoms with E-state index in [2.05, 4.69) is 25.9 Å². The van der Waals surface area contributed by atoms with Crippen molar-refractivity contribution in [3.8, 4) is 0 Å². The van der Waals surface area contributed by atoms with Crippen LogP contribution >= 0.6 is 0 Å². The van der Waals surface area contributed by atoms with Gasteiger partial charge in [0, 0.05) is 25.2 Å². The Morgan fingerprint density at radius 2 is 1.91 bits per heavy atom. The Morgan fingerprint density at radius 1 is 1.23 bits per heavy atom. The van der Waals surface area contributed by atoms with Crippen molar-refractivity contribution in [2.75, 3.05) is 13.1 Å². The number of carboxylic acids is 1. The van der Waals surface area contributed by atoms with Crippen molar-refractivity contribution >= 4 is 23.7 Å². The quantitative estimate of drug-likeness (QED) is 0.366. The third kappa shape index (κ3) is 6.50. The monoisotopic (exact) mass is 311 g/mol. The molecule has 10 heteroatoms. The average Bonchev–Trinajstić information content (AvgIpc) is 2.95. The number of nitrogens with zero attached hydrogens (tertiary/aromatic N) is 1. The molecule has 1 aromatic heterocycles. The van der Waals surface area contributed by atoms with Gasteiger partial charge in [0.05, 0.1) is 19.4 Å². The summed E-state index contributed by atoms with van der Waals surface area (Å²) in [5, 5.41) is 15.9. The van der Waals surface area contributed by atoms with Crippen molar-refractivity contribution in [2.24, 2.45) is 0 Å². The summed E-state index contributed by atoms with van der Waals surface area (Å²) in [6, 6.07) is -1.14. The van der Waals surface area contributed by atoms with Crippen LogP contribution in [0.1, 0.15) is 12.6 Å². The van der Waals surface area contributed by atoms with E-state index in [-0.39, 0.29) is 25.4 Å². The van der Waals surface area contributed by atoms with Gasteiger partial charge in [0.2, 0.25) is 17.7 Å². The molecule has 1 atom stereocenters. The highest BCUT2D eigenvalue weighted by Crippen LogP contribution is 1.98. The molecular formula is C12H17N5O5. The molecule has 10 nitrogen and oxygen atoms in total. The largest absolute Gasteiger partial charge is 0.480 e. The normalized spacial score (nSPS) is 11.3. The van der Waals surface area contributed by atoms with Crippen LogP contribution in [0.2, 0.25) is 0 Å². The zero-order valence-electron chi connectivity index (χ0n) is 11.9. The van der Waals surface area contributed by atoms with E-state index >= 15 is 0 Å². The number of amides is 3. The highest BCUT2D eigenvalue weighted by Gasteiger charge is 2.21. The molecule has 0 spiro atoms. The minimum Gasteiger partial charge on any atom is -0.480 e. The molecule has 22 heavy (non-hydrogen) atoms. The van der Waals surface area contributed by atoms with Gasteiger partial charge in [-0.25, -0.2) is 9.78 Å². The summed E-state index contributed by atoms with van der Waals surface area (Å²) in [7, 11) is 0. The van der Waals surface area contributed by atoms with E-state index in [4.69, 9.17) is 5.11 Å². The van der Waals surface area contributed by atoms with Crippen LogP contribution < -0.4 is 16.0 Å². The summed E-state index contributed by atoms with van der Waals surface area (Å²) < 4.78 is 0. The second kappa shape index (κ2) is 8.39. The molecule has 0 aliphatic heterocycles. The summed E-state index contributed by atoms with van der Waals surface area (Å²) >= 11 is 0. The molecule has 0 saturated heterocycles. The molecule has 3 amide bonds. The summed E-state index contributed by atoms with van der Waals surface area (Å²) in [6.45, 7) is 0.622. The molecule has 120 valence electrons. The van der Waals surface area contributed by atoms with Crippen LogP contribution in [0.25, 0.3) is 0 Å². The SMILES string of the molecule is CC(=O)NCC(=O)NCC(=O)N[C@@H](Cc1cnc[nH]1)C(=O)O. The Morgan fingerprint density at radius 3 is 2.45 bits per heavy atom. The van der Waals surface area contributed by atoms with Crippen LogP contribution in [0.4, 0.5) is 0 Å². The first-order valence-corrected chi connectivity index (χ1v) is 6.39. The summed E-state index contributed by atoms with van der Waals surface area (Å²) in [5.41, 5.74) is 0.558. The lowest BCUT2D eigenvalue weighted by Gasteiger charge is -2.14. The van der Waals surface area contributed by atoms with Gasteiger partial charge in [0.15, 0.2) is 0 Å². The van der Waals surface area contributed by atoms with Gasteiger partial charge in [-0.2, -0.15) is 0 Å². The van der Waals surface area contributed by atoms with Crippen LogP contribution in [-0.2, 0) is 25.6 Å². The molecule has 0 bridgehead atoms. The molecule has 0 unspecified atom stereocenters. The van der Waals surface area contributed by atoms with Crippen molar-refractivity contribution in [1.29, 1.82) is 0 Å². The minimum atomic E-state index is -1.20. The van der Waals surface area contributed by atoms with Crippen molar-refractivity contribution < 1.29 is 24.3 Å². The number of hydrogen-bond acceptors (Lipinski definition) is 5. The minimum absolute atomic E-state index is 0.0426. The number of imidazole rings is 1. The van der Waals surface area contributed by atoms with Crippen LogP contribution in [0, 0.1) is 0 Å². The number of aromatic amines is 1. The number of H-pyrrole nitrogens is 1. The van der Waals surface area contributed by atoms with Crippen molar-refractivity contribution in [2.45, 2.75) is 19.4 Å². The zero-order chi connectivity index (χ0) is 16.5. The predicted molar refractivity (Wildman–Crippen MR) is 73.6 cm³/mol. The van der Waals surface area contributed by atoms with Crippen molar-refractivity contribution in [3.63, 3.8) is 0 Å². The molecule has 5 N–H and O–H groups in total. The van der Waals surface area contributed by atoms with E-state index in [1.807, 2.05) is 0 Å². The van der Waals surface area contributed by atoms with Gasteiger partial charge < -0.3 is 26.0 Å². The van der Waals surface area contributed by atoms with E-state index in [9.17, 15) is 19.2 Å². The number of carbonyl (C=O) groups is 4. The second-order valence-electron chi connectivity index (χ2n) is 4.43. The Hall–Kier alpha value is -2.91. The number of aromatic nitrogens is 2.